The van der Waals surface area contributed by atoms with Crippen LogP contribution in [0.3, 0.4) is 0 Å². The summed E-state index contributed by atoms with van der Waals surface area (Å²) in [5, 5.41) is 10.9. The minimum absolute atomic E-state index is 0.310. The Morgan fingerprint density at radius 3 is 2.88 bits per heavy atom. The third-order valence-corrected chi connectivity index (χ3v) is 2.73. The molecule has 0 bridgehead atoms. The molecule has 1 aromatic heterocycles. The molecule has 3 nitrogen and oxygen atoms in total. The van der Waals surface area contributed by atoms with Crippen molar-refractivity contribution < 1.29 is 0 Å². The highest BCUT2D eigenvalue weighted by Crippen LogP contribution is 2.14. The smallest absolute Gasteiger partial charge is 0.145 e. The van der Waals surface area contributed by atoms with Crippen LogP contribution in [0.15, 0.2) is 28.1 Å². The number of nitriles is 1. The summed E-state index contributed by atoms with van der Waals surface area (Å²) in [5.41, 5.74) is 0.413. The monoisotopic (exact) mass is 249 g/mol. The standard InChI is InChI=1S/C11H11N3S2/c1-14(2)8-13-11(15)9(7-12)6-10-4-3-5-16-10/h3-6,8H,1-2H3. The third kappa shape index (κ3) is 3.93. The van der Waals surface area contributed by atoms with E-state index in [1.807, 2.05) is 31.6 Å². The largest absolute Gasteiger partial charge is 0.369 e. The van der Waals surface area contributed by atoms with Gasteiger partial charge in [-0.3, -0.25) is 0 Å². The Morgan fingerprint density at radius 1 is 1.62 bits per heavy atom. The minimum atomic E-state index is 0.310. The zero-order valence-electron chi connectivity index (χ0n) is 9.04. The number of rotatable bonds is 3. The van der Waals surface area contributed by atoms with Crippen LogP contribution in [0.1, 0.15) is 4.88 Å². The molecule has 5 heteroatoms. The van der Waals surface area contributed by atoms with Gasteiger partial charge in [0.25, 0.3) is 0 Å². The number of thiocarbonyl (C=S) groups is 1. The van der Waals surface area contributed by atoms with E-state index in [2.05, 4.69) is 11.1 Å². The van der Waals surface area contributed by atoms with Gasteiger partial charge in [0.15, 0.2) is 0 Å². The van der Waals surface area contributed by atoms with Crippen LogP contribution in [0, 0.1) is 11.3 Å². The second kappa shape index (κ2) is 6.16. The highest BCUT2D eigenvalue weighted by Gasteiger charge is 2.02. The van der Waals surface area contributed by atoms with E-state index in [0.717, 1.165) is 4.88 Å². The van der Waals surface area contributed by atoms with Gasteiger partial charge in [-0.1, -0.05) is 18.3 Å². The average molecular weight is 249 g/mol. The van der Waals surface area contributed by atoms with Gasteiger partial charge in [0, 0.05) is 19.0 Å². The van der Waals surface area contributed by atoms with E-state index in [4.69, 9.17) is 17.5 Å². The number of hydrogen-bond donors (Lipinski definition) is 0. The molecule has 0 atom stereocenters. The molecule has 0 spiro atoms. The van der Waals surface area contributed by atoms with Crippen LogP contribution in [0.4, 0.5) is 0 Å². The summed E-state index contributed by atoms with van der Waals surface area (Å²) in [6.07, 6.45) is 3.34. The lowest BCUT2D eigenvalue weighted by atomic mass is 10.2. The third-order valence-electron chi connectivity index (χ3n) is 1.59. The maximum absolute atomic E-state index is 8.97. The molecule has 0 N–H and O–H groups in total. The van der Waals surface area contributed by atoms with Crippen molar-refractivity contribution in [2.75, 3.05) is 14.1 Å². The first-order chi connectivity index (χ1) is 7.63. The number of hydrogen-bond acceptors (Lipinski definition) is 3. The summed E-state index contributed by atoms with van der Waals surface area (Å²) in [7, 11) is 3.70. The minimum Gasteiger partial charge on any atom is -0.369 e. The fraction of sp³-hybridized carbons (Fsp3) is 0.182. The Hall–Kier alpha value is -1.51. The highest BCUT2D eigenvalue weighted by molar-refractivity contribution is 7.80. The van der Waals surface area contributed by atoms with Crippen molar-refractivity contribution in [2.24, 2.45) is 4.99 Å². The van der Waals surface area contributed by atoms with Crippen molar-refractivity contribution >= 4 is 41.0 Å². The van der Waals surface area contributed by atoms with Gasteiger partial charge in [0.2, 0.25) is 0 Å². The molecule has 16 heavy (non-hydrogen) atoms. The van der Waals surface area contributed by atoms with Crippen LogP contribution in [0.2, 0.25) is 0 Å². The predicted molar refractivity (Wildman–Crippen MR) is 72.7 cm³/mol. The normalized spacial score (nSPS) is 11.4. The van der Waals surface area contributed by atoms with E-state index in [-0.39, 0.29) is 0 Å². The number of aliphatic imine (C=N–C) groups is 1. The molecule has 0 saturated heterocycles. The lowest BCUT2D eigenvalue weighted by Gasteiger charge is -2.02. The first-order valence-corrected chi connectivity index (χ1v) is 5.82. The first kappa shape index (κ1) is 12.6. The van der Waals surface area contributed by atoms with Crippen LogP contribution in [-0.4, -0.2) is 30.3 Å². The average Bonchev–Trinajstić information content (AvgIpc) is 2.75. The van der Waals surface area contributed by atoms with Crippen LogP contribution in [-0.2, 0) is 0 Å². The van der Waals surface area contributed by atoms with E-state index in [1.165, 1.54) is 0 Å². The zero-order chi connectivity index (χ0) is 12.0. The maximum Gasteiger partial charge on any atom is 0.145 e. The van der Waals surface area contributed by atoms with Crippen molar-refractivity contribution in [3.05, 3.63) is 28.0 Å². The summed E-state index contributed by atoms with van der Waals surface area (Å²) < 4.78 is 0. The Bertz CT molecular complexity index is 450. The van der Waals surface area contributed by atoms with Crippen molar-refractivity contribution in [2.45, 2.75) is 0 Å². The van der Waals surface area contributed by atoms with E-state index < -0.39 is 0 Å². The van der Waals surface area contributed by atoms with Gasteiger partial charge in [-0.2, -0.15) is 5.26 Å². The van der Waals surface area contributed by atoms with Crippen LogP contribution >= 0.6 is 23.6 Å². The van der Waals surface area contributed by atoms with E-state index >= 15 is 0 Å². The summed E-state index contributed by atoms with van der Waals surface area (Å²) in [6, 6.07) is 5.92. The lowest BCUT2D eigenvalue weighted by molar-refractivity contribution is 0.644. The molecule has 0 aliphatic heterocycles. The number of nitrogens with zero attached hydrogens (tertiary/aromatic N) is 3. The van der Waals surface area contributed by atoms with Gasteiger partial charge in [0.05, 0.1) is 11.9 Å². The highest BCUT2D eigenvalue weighted by atomic mass is 32.1. The molecule has 1 aromatic rings. The summed E-state index contributed by atoms with van der Waals surface area (Å²) in [5.74, 6) is 0. The maximum atomic E-state index is 8.97. The quantitative estimate of drug-likeness (QED) is 0.272. The second-order valence-corrected chi connectivity index (χ2v) is 4.56. The van der Waals surface area contributed by atoms with E-state index in [0.29, 0.717) is 10.6 Å². The van der Waals surface area contributed by atoms with Gasteiger partial charge in [-0.05, 0) is 17.5 Å². The summed E-state index contributed by atoms with van der Waals surface area (Å²) in [6.45, 7) is 0. The van der Waals surface area contributed by atoms with Crippen molar-refractivity contribution in [3.8, 4) is 6.07 Å². The topological polar surface area (TPSA) is 39.4 Å². The predicted octanol–water partition coefficient (Wildman–Crippen LogP) is 2.57. The zero-order valence-corrected chi connectivity index (χ0v) is 10.7. The van der Waals surface area contributed by atoms with E-state index in [9.17, 15) is 0 Å². The van der Waals surface area contributed by atoms with Crippen molar-refractivity contribution in [1.82, 2.24) is 4.90 Å². The molecule has 0 saturated carbocycles. The molecule has 1 heterocycles. The SMILES string of the molecule is CN(C)C=NC(=S)C(C#N)=Cc1cccs1. The van der Waals surface area contributed by atoms with E-state index in [1.54, 1.807) is 28.7 Å². The van der Waals surface area contributed by atoms with Gasteiger partial charge >= 0.3 is 0 Å². The van der Waals surface area contributed by atoms with Gasteiger partial charge < -0.3 is 4.90 Å². The Kier molecular flexibility index (Phi) is 4.83. The van der Waals surface area contributed by atoms with Crippen LogP contribution in [0.5, 0.6) is 0 Å². The van der Waals surface area contributed by atoms with Crippen molar-refractivity contribution in [1.29, 1.82) is 5.26 Å². The molecule has 82 valence electrons. The molecular weight excluding hydrogens is 238 g/mol. The molecule has 0 aliphatic carbocycles. The molecule has 0 aliphatic rings. The molecule has 0 aromatic carbocycles. The summed E-state index contributed by atoms with van der Waals surface area (Å²) >= 11 is 6.61. The fourth-order valence-electron chi connectivity index (χ4n) is 0.895. The second-order valence-electron chi connectivity index (χ2n) is 3.20. The van der Waals surface area contributed by atoms with Gasteiger partial charge in [0.1, 0.15) is 11.1 Å². The number of thiophene rings is 1. The summed E-state index contributed by atoms with van der Waals surface area (Å²) in [4.78, 5) is 7.10. The van der Waals surface area contributed by atoms with Gasteiger partial charge in [-0.25, -0.2) is 4.99 Å². The van der Waals surface area contributed by atoms with Crippen LogP contribution < -0.4 is 0 Å². The molecular formula is C11H11N3S2. The lowest BCUT2D eigenvalue weighted by Crippen LogP contribution is -2.09. The van der Waals surface area contributed by atoms with Crippen LogP contribution in [0.25, 0.3) is 6.08 Å². The Labute approximate surface area is 104 Å². The Balaban J connectivity index is 2.84. The fourth-order valence-corrected chi connectivity index (χ4v) is 1.70. The molecule has 1 rings (SSSR count). The molecule has 0 radical (unpaired) electrons. The molecule has 0 amide bonds. The Morgan fingerprint density at radius 2 is 2.38 bits per heavy atom. The molecule has 0 fully saturated rings. The van der Waals surface area contributed by atoms with Crippen molar-refractivity contribution in [3.63, 3.8) is 0 Å². The molecule has 0 unspecified atom stereocenters. The first-order valence-electron chi connectivity index (χ1n) is 4.53. The van der Waals surface area contributed by atoms with Gasteiger partial charge in [-0.15, -0.1) is 11.3 Å².